The molecule has 1 saturated heterocycles. The van der Waals surface area contributed by atoms with Crippen molar-refractivity contribution < 1.29 is 4.74 Å². The molecule has 1 fully saturated rings. The fourth-order valence-corrected chi connectivity index (χ4v) is 2.63. The summed E-state index contributed by atoms with van der Waals surface area (Å²) in [5.41, 5.74) is 0. The first-order valence-electron chi connectivity index (χ1n) is 7.34. The minimum Gasteiger partial charge on any atom is -0.377 e. The van der Waals surface area contributed by atoms with Crippen LogP contribution in [0.5, 0.6) is 0 Å². The molecule has 0 bridgehead atoms. The van der Waals surface area contributed by atoms with Crippen LogP contribution in [-0.4, -0.2) is 75.4 Å². The van der Waals surface area contributed by atoms with Crippen molar-refractivity contribution >= 4 is 0 Å². The van der Waals surface area contributed by atoms with E-state index in [4.69, 9.17) is 4.74 Å². The number of nitrogens with one attached hydrogen (secondary N) is 1. The summed E-state index contributed by atoms with van der Waals surface area (Å²) in [5.74, 6) is 0. The third-order valence-electron chi connectivity index (χ3n) is 3.63. The molecule has 2 unspecified atom stereocenters. The minimum absolute atomic E-state index is 0.458. The van der Waals surface area contributed by atoms with Gasteiger partial charge in [-0.05, 0) is 40.4 Å². The number of likely N-dealkylation sites (N-methyl/N-ethyl adjacent to an activating group) is 2. The summed E-state index contributed by atoms with van der Waals surface area (Å²) in [7, 11) is 4.28. The van der Waals surface area contributed by atoms with E-state index in [1.54, 1.807) is 0 Å². The SMILES string of the molecule is CCN(CCNCC1CCCO1)C(C)CN(C)C. The molecule has 1 heterocycles. The highest BCUT2D eigenvalue weighted by Crippen LogP contribution is 2.10. The molecule has 0 aliphatic carbocycles. The second-order valence-electron chi connectivity index (χ2n) is 5.58. The molecule has 18 heavy (non-hydrogen) atoms. The predicted octanol–water partition coefficient (Wildman–Crippen LogP) is 1.03. The molecule has 0 aromatic rings. The smallest absolute Gasteiger partial charge is 0.0700 e. The van der Waals surface area contributed by atoms with Crippen LogP contribution in [0.3, 0.4) is 0 Å². The van der Waals surface area contributed by atoms with E-state index in [0.29, 0.717) is 12.1 Å². The zero-order chi connectivity index (χ0) is 13.4. The van der Waals surface area contributed by atoms with E-state index in [2.05, 4.69) is 43.1 Å². The van der Waals surface area contributed by atoms with E-state index in [0.717, 1.165) is 39.3 Å². The van der Waals surface area contributed by atoms with Crippen molar-refractivity contribution in [2.75, 3.05) is 53.4 Å². The van der Waals surface area contributed by atoms with Crippen molar-refractivity contribution in [2.45, 2.75) is 38.8 Å². The minimum atomic E-state index is 0.458. The van der Waals surface area contributed by atoms with Crippen LogP contribution >= 0.6 is 0 Å². The molecule has 1 rings (SSSR count). The summed E-state index contributed by atoms with van der Waals surface area (Å²) in [6, 6.07) is 0.620. The van der Waals surface area contributed by atoms with E-state index in [1.165, 1.54) is 12.8 Å². The number of ether oxygens (including phenoxy) is 1. The Kier molecular flexibility index (Phi) is 7.82. The van der Waals surface area contributed by atoms with Crippen molar-refractivity contribution in [1.29, 1.82) is 0 Å². The third kappa shape index (κ3) is 6.14. The summed E-state index contributed by atoms with van der Waals surface area (Å²) in [6.07, 6.45) is 2.91. The second kappa shape index (κ2) is 8.86. The van der Waals surface area contributed by atoms with E-state index in [-0.39, 0.29) is 0 Å². The van der Waals surface area contributed by atoms with E-state index < -0.39 is 0 Å². The molecular formula is C14H31N3O. The van der Waals surface area contributed by atoms with Gasteiger partial charge in [0.15, 0.2) is 0 Å². The monoisotopic (exact) mass is 257 g/mol. The number of nitrogens with zero attached hydrogens (tertiary/aromatic N) is 2. The van der Waals surface area contributed by atoms with Crippen LogP contribution in [-0.2, 0) is 4.74 Å². The Bertz CT molecular complexity index is 205. The molecule has 1 N–H and O–H groups in total. The molecule has 0 aromatic heterocycles. The fourth-order valence-electron chi connectivity index (χ4n) is 2.63. The zero-order valence-corrected chi connectivity index (χ0v) is 12.6. The first-order chi connectivity index (χ1) is 8.63. The van der Waals surface area contributed by atoms with Crippen LogP contribution in [0, 0.1) is 0 Å². The van der Waals surface area contributed by atoms with Crippen LogP contribution in [0.25, 0.3) is 0 Å². The largest absolute Gasteiger partial charge is 0.377 e. The maximum atomic E-state index is 5.60. The van der Waals surface area contributed by atoms with E-state index in [9.17, 15) is 0 Å². The maximum Gasteiger partial charge on any atom is 0.0700 e. The highest BCUT2D eigenvalue weighted by Gasteiger charge is 2.15. The van der Waals surface area contributed by atoms with Crippen molar-refractivity contribution in [3.05, 3.63) is 0 Å². The third-order valence-corrected chi connectivity index (χ3v) is 3.63. The lowest BCUT2D eigenvalue weighted by Gasteiger charge is -2.30. The molecule has 0 saturated carbocycles. The topological polar surface area (TPSA) is 27.7 Å². The molecule has 1 aliphatic rings. The van der Waals surface area contributed by atoms with E-state index >= 15 is 0 Å². The Morgan fingerprint density at radius 2 is 2.17 bits per heavy atom. The van der Waals surface area contributed by atoms with Gasteiger partial charge in [0.1, 0.15) is 0 Å². The van der Waals surface area contributed by atoms with Crippen LogP contribution in [0.4, 0.5) is 0 Å². The standard InChI is InChI=1S/C14H31N3O/c1-5-17(13(2)12-16(3)4)9-8-15-11-14-7-6-10-18-14/h13-15H,5-12H2,1-4H3. The van der Waals surface area contributed by atoms with Gasteiger partial charge in [-0.3, -0.25) is 4.90 Å². The number of rotatable bonds is 9. The number of hydrogen-bond donors (Lipinski definition) is 1. The van der Waals surface area contributed by atoms with Gasteiger partial charge in [-0.2, -0.15) is 0 Å². The van der Waals surface area contributed by atoms with Gasteiger partial charge >= 0.3 is 0 Å². The van der Waals surface area contributed by atoms with Crippen molar-refractivity contribution in [2.24, 2.45) is 0 Å². The van der Waals surface area contributed by atoms with Crippen molar-refractivity contribution in [3.8, 4) is 0 Å². The molecule has 0 radical (unpaired) electrons. The Labute approximate surface area is 113 Å². The van der Waals surface area contributed by atoms with Gasteiger partial charge in [0.05, 0.1) is 6.10 Å². The summed E-state index contributed by atoms with van der Waals surface area (Å²) < 4.78 is 5.60. The average molecular weight is 257 g/mol. The molecule has 4 nitrogen and oxygen atoms in total. The quantitative estimate of drug-likeness (QED) is 0.624. The lowest BCUT2D eigenvalue weighted by atomic mass is 10.2. The normalized spacial score (nSPS) is 22.0. The van der Waals surface area contributed by atoms with Gasteiger partial charge in [0.2, 0.25) is 0 Å². The first-order valence-corrected chi connectivity index (χ1v) is 7.34. The van der Waals surface area contributed by atoms with Gasteiger partial charge < -0.3 is 15.0 Å². The summed E-state index contributed by atoms with van der Waals surface area (Å²) in [5, 5.41) is 3.52. The first kappa shape index (κ1) is 15.9. The summed E-state index contributed by atoms with van der Waals surface area (Å²) in [4.78, 5) is 4.79. The average Bonchev–Trinajstić information content (AvgIpc) is 2.81. The Balaban J connectivity index is 2.10. The molecule has 108 valence electrons. The van der Waals surface area contributed by atoms with Crippen LogP contribution in [0.1, 0.15) is 26.7 Å². The Morgan fingerprint density at radius 3 is 2.72 bits per heavy atom. The van der Waals surface area contributed by atoms with E-state index in [1.807, 2.05) is 0 Å². The molecule has 0 amide bonds. The van der Waals surface area contributed by atoms with Gasteiger partial charge in [0.25, 0.3) is 0 Å². The lowest BCUT2D eigenvalue weighted by molar-refractivity contribution is 0.108. The molecule has 0 spiro atoms. The van der Waals surface area contributed by atoms with Gasteiger partial charge in [-0.25, -0.2) is 0 Å². The lowest BCUT2D eigenvalue weighted by Crippen LogP contribution is -2.43. The Hall–Kier alpha value is -0.160. The maximum absolute atomic E-state index is 5.60. The molecule has 0 aromatic carbocycles. The highest BCUT2D eigenvalue weighted by atomic mass is 16.5. The molecule has 1 aliphatic heterocycles. The summed E-state index contributed by atoms with van der Waals surface area (Å²) >= 11 is 0. The fraction of sp³-hybridized carbons (Fsp3) is 1.00. The van der Waals surface area contributed by atoms with Gasteiger partial charge in [-0.15, -0.1) is 0 Å². The molecule has 2 atom stereocenters. The Morgan fingerprint density at radius 1 is 1.39 bits per heavy atom. The van der Waals surface area contributed by atoms with Gasteiger partial charge in [-0.1, -0.05) is 6.92 Å². The molecule has 4 heteroatoms. The van der Waals surface area contributed by atoms with Crippen molar-refractivity contribution in [3.63, 3.8) is 0 Å². The van der Waals surface area contributed by atoms with Crippen LogP contribution < -0.4 is 5.32 Å². The zero-order valence-electron chi connectivity index (χ0n) is 12.6. The summed E-state index contributed by atoms with van der Waals surface area (Å²) in [6.45, 7) is 10.9. The molecular weight excluding hydrogens is 226 g/mol. The second-order valence-corrected chi connectivity index (χ2v) is 5.58. The highest BCUT2D eigenvalue weighted by molar-refractivity contribution is 4.71. The van der Waals surface area contributed by atoms with Crippen molar-refractivity contribution in [1.82, 2.24) is 15.1 Å². The number of hydrogen-bond acceptors (Lipinski definition) is 4. The van der Waals surface area contributed by atoms with Crippen LogP contribution in [0.2, 0.25) is 0 Å². The van der Waals surface area contributed by atoms with Gasteiger partial charge in [0, 0.05) is 38.8 Å². The predicted molar refractivity (Wildman–Crippen MR) is 77.1 cm³/mol. The van der Waals surface area contributed by atoms with Crippen LogP contribution in [0.15, 0.2) is 0 Å².